The van der Waals surface area contributed by atoms with Crippen molar-refractivity contribution in [3.8, 4) is 6.07 Å². The molecule has 1 aromatic rings. The average Bonchev–Trinajstić information content (AvgIpc) is 2.18. The molecule has 4 heteroatoms. The molecule has 13 heavy (non-hydrogen) atoms. The van der Waals surface area contributed by atoms with Gasteiger partial charge in [-0.05, 0) is 12.1 Å². The van der Waals surface area contributed by atoms with E-state index in [0.717, 1.165) is 0 Å². The minimum absolute atomic E-state index is 0.0713. The molecule has 0 aliphatic heterocycles. The normalized spacial score (nSPS) is 12.1. The third-order valence-corrected chi connectivity index (χ3v) is 2.56. The van der Waals surface area contributed by atoms with Gasteiger partial charge in [0.05, 0.1) is 12.2 Å². The molecule has 1 rings (SSSR count). The minimum Gasteiger partial charge on any atom is -0.395 e. The van der Waals surface area contributed by atoms with Crippen LogP contribution in [0.3, 0.4) is 0 Å². The topological polar surface area (TPSA) is 56.9 Å². The maximum atomic E-state index is 8.83. The summed E-state index contributed by atoms with van der Waals surface area (Å²) in [5.41, 5.74) is 0.563. The molecule has 1 heterocycles. The lowest BCUT2D eigenvalue weighted by molar-refractivity contribution is 0.300. The van der Waals surface area contributed by atoms with Crippen LogP contribution in [0, 0.1) is 11.3 Å². The van der Waals surface area contributed by atoms with Crippen molar-refractivity contribution in [2.24, 2.45) is 0 Å². The molecule has 0 aliphatic carbocycles. The van der Waals surface area contributed by atoms with Gasteiger partial charge < -0.3 is 5.11 Å². The lowest BCUT2D eigenvalue weighted by atomic mass is 10.3. The highest BCUT2D eigenvalue weighted by Crippen LogP contribution is 2.23. The van der Waals surface area contributed by atoms with Crippen molar-refractivity contribution in [1.82, 2.24) is 4.98 Å². The molecule has 1 aromatic heterocycles. The molecule has 0 radical (unpaired) electrons. The van der Waals surface area contributed by atoms with E-state index in [-0.39, 0.29) is 11.9 Å². The fraction of sp³-hybridized carbons (Fsp3) is 0.333. The first-order valence-corrected chi connectivity index (χ1v) is 4.78. The van der Waals surface area contributed by atoms with E-state index in [1.54, 1.807) is 18.3 Å². The van der Waals surface area contributed by atoms with Crippen molar-refractivity contribution in [1.29, 1.82) is 5.26 Å². The van der Waals surface area contributed by atoms with E-state index < -0.39 is 0 Å². The van der Waals surface area contributed by atoms with Crippen LogP contribution < -0.4 is 0 Å². The van der Waals surface area contributed by atoms with Gasteiger partial charge in [-0.25, -0.2) is 4.98 Å². The molecule has 1 atom stereocenters. The molecule has 0 saturated carbocycles. The summed E-state index contributed by atoms with van der Waals surface area (Å²) < 4.78 is 0. The highest BCUT2D eigenvalue weighted by atomic mass is 32.2. The fourth-order valence-corrected chi connectivity index (χ4v) is 1.62. The zero-order valence-corrected chi connectivity index (χ0v) is 8.08. The zero-order chi connectivity index (χ0) is 9.68. The quantitative estimate of drug-likeness (QED) is 0.739. The maximum Gasteiger partial charge on any atom is 0.114 e. The third kappa shape index (κ3) is 2.72. The molecule has 0 bridgehead atoms. The summed E-state index contributed by atoms with van der Waals surface area (Å²) in [6, 6.07) is 5.51. The Hall–Kier alpha value is -1.05. The molecule has 0 aromatic carbocycles. The van der Waals surface area contributed by atoms with Gasteiger partial charge in [-0.2, -0.15) is 5.26 Å². The molecule has 3 nitrogen and oxygen atoms in total. The number of pyridine rings is 1. The summed E-state index contributed by atoms with van der Waals surface area (Å²) in [5, 5.41) is 18.3. The van der Waals surface area contributed by atoms with Crippen LogP contribution >= 0.6 is 11.8 Å². The van der Waals surface area contributed by atoms with Crippen LogP contribution in [0.25, 0.3) is 0 Å². The number of aliphatic hydroxyl groups is 1. The predicted octanol–water partition coefficient (Wildman–Crippen LogP) is 1.43. The lowest BCUT2D eigenvalue weighted by Crippen LogP contribution is -2.02. The lowest BCUT2D eigenvalue weighted by Gasteiger charge is -2.06. The molecule has 68 valence electrons. The maximum absolute atomic E-state index is 8.83. The second-order valence-corrected chi connectivity index (χ2v) is 4.01. The minimum atomic E-state index is 0.0713. The van der Waals surface area contributed by atoms with Crippen molar-refractivity contribution < 1.29 is 5.11 Å². The summed E-state index contributed by atoms with van der Waals surface area (Å²) in [7, 11) is 0. The van der Waals surface area contributed by atoms with E-state index in [2.05, 4.69) is 11.1 Å². The number of thioether (sulfide) groups is 1. The second-order valence-electron chi connectivity index (χ2n) is 2.58. The van der Waals surface area contributed by atoms with Gasteiger partial charge in [-0.3, -0.25) is 0 Å². The van der Waals surface area contributed by atoms with Gasteiger partial charge in [0, 0.05) is 11.4 Å². The number of aromatic nitrogens is 1. The number of rotatable bonds is 3. The van der Waals surface area contributed by atoms with Crippen molar-refractivity contribution in [3.05, 3.63) is 23.9 Å². The molecule has 1 unspecified atom stereocenters. The Morgan fingerprint density at radius 2 is 2.54 bits per heavy atom. The van der Waals surface area contributed by atoms with Crippen LogP contribution in [0.5, 0.6) is 0 Å². The zero-order valence-electron chi connectivity index (χ0n) is 7.27. The van der Waals surface area contributed by atoms with E-state index in [4.69, 9.17) is 10.4 Å². The van der Waals surface area contributed by atoms with Gasteiger partial charge >= 0.3 is 0 Å². The van der Waals surface area contributed by atoms with E-state index in [1.807, 2.05) is 6.92 Å². The molecular formula is C9H10N2OS. The Morgan fingerprint density at radius 3 is 3.15 bits per heavy atom. The molecule has 0 fully saturated rings. The van der Waals surface area contributed by atoms with Gasteiger partial charge in [0.15, 0.2) is 0 Å². The van der Waals surface area contributed by atoms with E-state index in [1.165, 1.54) is 11.8 Å². The van der Waals surface area contributed by atoms with Gasteiger partial charge in [0.25, 0.3) is 0 Å². The number of hydrogen-bond donors (Lipinski definition) is 1. The number of nitriles is 1. The summed E-state index contributed by atoms with van der Waals surface area (Å²) in [6.45, 7) is 1.98. The Balaban J connectivity index is 2.82. The molecule has 0 amide bonds. The Bertz CT molecular complexity index is 322. The molecule has 0 aliphatic rings. The second kappa shape index (κ2) is 4.85. The van der Waals surface area contributed by atoms with Gasteiger partial charge in [-0.15, -0.1) is 0 Å². The van der Waals surface area contributed by atoms with Crippen LogP contribution in [0.2, 0.25) is 0 Å². The Labute approximate surface area is 81.4 Å². The number of aliphatic hydroxyl groups excluding tert-OH is 1. The summed E-state index contributed by atoms with van der Waals surface area (Å²) in [5.74, 6) is 0. The van der Waals surface area contributed by atoms with Gasteiger partial charge in [0.1, 0.15) is 11.1 Å². The van der Waals surface area contributed by atoms with E-state index in [9.17, 15) is 0 Å². The van der Waals surface area contributed by atoms with E-state index >= 15 is 0 Å². The fourth-order valence-electron chi connectivity index (χ4n) is 0.798. The first kappa shape index (κ1) is 10.0. The van der Waals surface area contributed by atoms with Crippen molar-refractivity contribution in [3.63, 3.8) is 0 Å². The highest BCUT2D eigenvalue weighted by molar-refractivity contribution is 7.99. The van der Waals surface area contributed by atoms with Crippen molar-refractivity contribution >= 4 is 11.8 Å². The molecular weight excluding hydrogens is 184 g/mol. The average molecular weight is 194 g/mol. The largest absolute Gasteiger partial charge is 0.395 e. The number of hydrogen-bond acceptors (Lipinski definition) is 4. The van der Waals surface area contributed by atoms with Crippen LogP contribution in [-0.4, -0.2) is 21.9 Å². The number of nitrogens with zero attached hydrogens (tertiary/aromatic N) is 2. The monoisotopic (exact) mass is 194 g/mol. The third-order valence-electron chi connectivity index (χ3n) is 1.46. The standard InChI is InChI=1S/C9H10N2OS/c1-7(6-12)13-9-8(5-10)3-2-4-11-9/h2-4,7,12H,6H2,1H3. The van der Waals surface area contributed by atoms with Crippen molar-refractivity contribution in [2.75, 3.05) is 6.61 Å². The summed E-state index contributed by atoms with van der Waals surface area (Å²) in [4.78, 5) is 4.07. The SMILES string of the molecule is CC(CO)Sc1ncccc1C#N. The van der Waals surface area contributed by atoms with Crippen molar-refractivity contribution in [2.45, 2.75) is 17.2 Å². The molecule has 0 spiro atoms. The predicted molar refractivity (Wildman–Crippen MR) is 51.4 cm³/mol. The van der Waals surface area contributed by atoms with Gasteiger partial charge in [0.2, 0.25) is 0 Å². The summed E-state index contributed by atoms with van der Waals surface area (Å²) >= 11 is 1.41. The van der Waals surface area contributed by atoms with Crippen LogP contribution in [0.15, 0.2) is 23.4 Å². The van der Waals surface area contributed by atoms with Crippen LogP contribution in [0.4, 0.5) is 0 Å². The van der Waals surface area contributed by atoms with E-state index in [0.29, 0.717) is 10.6 Å². The first-order valence-electron chi connectivity index (χ1n) is 3.90. The van der Waals surface area contributed by atoms with Crippen LogP contribution in [0.1, 0.15) is 12.5 Å². The smallest absolute Gasteiger partial charge is 0.114 e. The van der Waals surface area contributed by atoms with Crippen LogP contribution in [-0.2, 0) is 0 Å². The van der Waals surface area contributed by atoms with Gasteiger partial charge in [-0.1, -0.05) is 18.7 Å². The molecule has 0 saturated heterocycles. The Kier molecular flexibility index (Phi) is 3.74. The first-order chi connectivity index (χ1) is 6.27. The summed E-state index contributed by atoms with van der Waals surface area (Å²) in [6.07, 6.45) is 1.65. The molecule has 1 N–H and O–H groups in total. The Morgan fingerprint density at radius 1 is 1.77 bits per heavy atom. The highest BCUT2D eigenvalue weighted by Gasteiger charge is 2.07.